The van der Waals surface area contributed by atoms with Gasteiger partial charge in [-0.05, 0) is 55.0 Å². The molecular formula is C28H34N4O3. The molecular weight excluding hydrogens is 440 g/mol. The van der Waals surface area contributed by atoms with E-state index in [4.69, 9.17) is 4.74 Å². The van der Waals surface area contributed by atoms with Crippen molar-refractivity contribution < 1.29 is 14.3 Å². The van der Waals surface area contributed by atoms with Crippen LogP contribution in [0.2, 0.25) is 0 Å². The second-order valence-corrected chi connectivity index (χ2v) is 10.4. The summed E-state index contributed by atoms with van der Waals surface area (Å²) in [6.45, 7) is 7.00. The van der Waals surface area contributed by atoms with Crippen LogP contribution in [-0.2, 0) is 17.9 Å². The molecule has 1 fully saturated rings. The fraction of sp³-hybridized carbons (Fsp3) is 0.464. The quantitative estimate of drug-likeness (QED) is 0.595. The highest BCUT2D eigenvalue weighted by Gasteiger charge is 2.49. The Balaban J connectivity index is 1.54. The summed E-state index contributed by atoms with van der Waals surface area (Å²) in [6.07, 6.45) is 3.27. The first-order valence-corrected chi connectivity index (χ1v) is 12.5. The molecule has 0 radical (unpaired) electrons. The van der Waals surface area contributed by atoms with Crippen LogP contribution < -0.4 is 10.1 Å². The van der Waals surface area contributed by atoms with Gasteiger partial charge >= 0.3 is 0 Å². The predicted molar refractivity (Wildman–Crippen MR) is 135 cm³/mol. The minimum Gasteiger partial charge on any atom is -0.497 e. The number of aromatic nitrogens is 2. The first kappa shape index (κ1) is 23.4. The van der Waals surface area contributed by atoms with Gasteiger partial charge in [-0.2, -0.15) is 0 Å². The second kappa shape index (κ2) is 9.02. The number of imidazole rings is 1. The standard InChI is InChI=1S/C28H34N4O3/c1-18-9-7-13-22(19(18)2)30-27(34)28(3)17-31-24-14-6-5-12-23(24)29-25(31)26(33)32(28)16-20-10-8-11-21(15-20)35-4/h5-6,8,10-12,14-15,18-19,22H,7,9,13,16-17H2,1-4H3,(H,30,34)/t18-,19-,22+,28+/m0/s1. The van der Waals surface area contributed by atoms with E-state index >= 15 is 0 Å². The normalized spacial score (nSPS) is 26.5. The second-order valence-electron chi connectivity index (χ2n) is 10.4. The predicted octanol–water partition coefficient (Wildman–Crippen LogP) is 4.40. The van der Waals surface area contributed by atoms with Crippen LogP contribution in [0.4, 0.5) is 0 Å². The zero-order chi connectivity index (χ0) is 24.7. The smallest absolute Gasteiger partial charge is 0.291 e. The Labute approximate surface area is 206 Å². The van der Waals surface area contributed by atoms with Crippen molar-refractivity contribution in [1.29, 1.82) is 0 Å². The first-order valence-electron chi connectivity index (χ1n) is 12.5. The van der Waals surface area contributed by atoms with Gasteiger partial charge < -0.3 is 19.5 Å². The van der Waals surface area contributed by atoms with Crippen molar-refractivity contribution in [2.75, 3.05) is 7.11 Å². The molecule has 5 rings (SSSR count). The summed E-state index contributed by atoms with van der Waals surface area (Å²) in [5, 5.41) is 3.35. The lowest BCUT2D eigenvalue weighted by Crippen LogP contribution is -2.65. The van der Waals surface area contributed by atoms with Gasteiger partial charge in [0.05, 0.1) is 24.7 Å². The largest absolute Gasteiger partial charge is 0.497 e. The van der Waals surface area contributed by atoms with Gasteiger partial charge in [0.25, 0.3) is 5.91 Å². The molecule has 2 aliphatic rings. The van der Waals surface area contributed by atoms with Crippen molar-refractivity contribution >= 4 is 22.8 Å². The lowest BCUT2D eigenvalue weighted by molar-refractivity contribution is -0.134. The monoisotopic (exact) mass is 474 g/mol. The van der Waals surface area contributed by atoms with Gasteiger partial charge in [-0.3, -0.25) is 9.59 Å². The fourth-order valence-electron chi connectivity index (χ4n) is 5.64. The van der Waals surface area contributed by atoms with Gasteiger partial charge in [0.15, 0.2) is 5.82 Å². The molecule has 2 heterocycles. The number of hydrogen-bond donors (Lipinski definition) is 1. The molecule has 2 amide bonds. The van der Waals surface area contributed by atoms with E-state index in [1.54, 1.807) is 12.0 Å². The SMILES string of the molecule is COc1cccc(CN2C(=O)c3nc4ccccc4n3C[C@]2(C)C(=O)N[C@@H]2CCC[C@H](C)[C@@H]2C)c1. The molecule has 1 aliphatic heterocycles. The maximum absolute atomic E-state index is 14.0. The average Bonchev–Trinajstić information content (AvgIpc) is 3.23. The van der Waals surface area contributed by atoms with Crippen LogP contribution in [-0.4, -0.2) is 45.0 Å². The summed E-state index contributed by atoms with van der Waals surface area (Å²) in [5.41, 5.74) is 1.46. The Kier molecular flexibility index (Phi) is 6.03. The molecule has 7 heteroatoms. The van der Waals surface area contributed by atoms with E-state index in [-0.39, 0.29) is 17.9 Å². The third-order valence-electron chi connectivity index (χ3n) is 8.14. The summed E-state index contributed by atoms with van der Waals surface area (Å²) in [4.78, 5) is 34.2. The topological polar surface area (TPSA) is 76.5 Å². The number of hydrogen-bond acceptors (Lipinski definition) is 4. The zero-order valence-corrected chi connectivity index (χ0v) is 21.0. The molecule has 1 aliphatic carbocycles. The van der Waals surface area contributed by atoms with Gasteiger partial charge in [0, 0.05) is 12.6 Å². The minimum absolute atomic E-state index is 0.108. The van der Waals surface area contributed by atoms with E-state index in [1.165, 1.54) is 6.42 Å². The molecule has 3 aromatic rings. The summed E-state index contributed by atoms with van der Waals surface area (Å²) in [5.74, 6) is 1.70. The van der Waals surface area contributed by atoms with Gasteiger partial charge in [-0.25, -0.2) is 4.98 Å². The van der Waals surface area contributed by atoms with Crippen LogP contribution in [0.5, 0.6) is 5.75 Å². The summed E-state index contributed by atoms with van der Waals surface area (Å²) in [7, 11) is 1.62. The molecule has 1 saturated carbocycles. The number of amides is 2. The Morgan fingerprint density at radius 3 is 2.77 bits per heavy atom. The van der Waals surface area contributed by atoms with Gasteiger partial charge in [-0.1, -0.05) is 51.0 Å². The number of ether oxygens (including phenoxy) is 1. The Morgan fingerprint density at radius 2 is 1.97 bits per heavy atom. The van der Waals surface area contributed by atoms with Crippen molar-refractivity contribution in [2.24, 2.45) is 11.8 Å². The number of nitrogens with one attached hydrogen (secondary N) is 1. The Bertz CT molecular complexity index is 1270. The minimum atomic E-state index is -1.07. The average molecular weight is 475 g/mol. The number of fused-ring (bicyclic) bond motifs is 3. The highest BCUT2D eigenvalue weighted by atomic mass is 16.5. The van der Waals surface area contributed by atoms with Crippen molar-refractivity contribution in [3.63, 3.8) is 0 Å². The Morgan fingerprint density at radius 1 is 1.17 bits per heavy atom. The van der Waals surface area contributed by atoms with Crippen molar-refractivity contribution in [3.05, 3.63) is 59.9 Å². The molecule has 0 bridgehead atoms. The van der Waals surface area contributed by atoms with Crippen molar-refractivity contribution in [2.45, 2.75) is 64.7 Å². The summed E-state index contributed by atoms with van der Waals surface area (Å²) >= 11 is 0. The number of benzene rings is 2. The number of methoxy groups -OCH3 is 1. The van der Waals surface area contributed by atoms with Crippen molar-refractivity contribution in [3.8, 4) is 5.75 Å². The van der Waals surface area contributed by atoms with E-state index in [0.29, 0.717) is 30.7 Å². The highest BCUT2D eigenvalue weighted by Crippen LogP contribution is 2.34. The molecule has 0 saturated heterocycles. The number of rotatable bonds is 5. The number of carbonyl (C=O) groups excluding carboxylic acids is 2. The van der Waals surface area contributed by atoms with E-state index in [1.807, 2.05) is 60.0 Å². The molecule has 0 spiro atoms. The molecule has 7 nitrogen and oxygen atoms in total. The van der Waals surface area contributed by atoms with E-state index in [0.717, 1.165) is 35.2 Å². The molecule has 1 N–H and O–H groups in total. The third kappa shape index (κ3) is 4.07. The molecule has 2 aromatic carbocycles. The summed E-state index contributed by atoms with van der Waals surface area (Å²) < 4.78 is 7.30. The maximum atomic E-state index is 14.0. The molecule has 1 aromatic heterocycles. The highest BCUT2D eigenvalue weighted by molar-refractivity contribution is 6.01. The number of para-hydroxylation sites is 2. The lowest BCUT2D eigenvalue weighted by Gasteiger charge is -2.45. The summed E-state index contributed by atoms with van der Waals surface area (Å²) in [6, 6.07) is 15.5. The number of nitrogens with zero attached hydrogens (tertiary/aromatic N) is 3. The van der Waals surface area contributed by atoms with Gasteiger partial charge in [0.1, 0.15) is 11.3 Å². The van der Waals surface area contributed by atoms with E-state index in [2.05, 4.69) is 24.1 Å². The zero-order valence-electron chi connectivity index (χ0n) is 21.0. The van der Waals surface area contributed by atoms with Crippen LogP contribution in [0.1, 0.15) is 56.2 Å². The third-order valence-corrected chi connectivity index (χ3v) is 8.14. The maximum Gasteiger partial charge on any atom is 0.291 e. The number of carbonyl (C=O) groups is 2. The fourth-order valence-corrected chi connectivity index (χ4v) is 5.64. The van der Waals surface area contributed by atoms with Crippen LogP contribution >= 0.6 is 0 Å². The van der Waals surface area contributed by atoms with E-state index in [9.17, 15) is 9.59 Å². The molecule has 4 atom stereocenters. The molecule has 35 heavy (non-hydrogen) atoms. The lowest BCUT2D eigenvalue weighted by atomic mass is 9.77. The van der Waals surface area contributed by atoms with Crippen LogP contribution in [0.25, 0.3) is 11.0 Å². The van der Waals surface area contributed by atoms with Gasteiger partial charge in [0.2, 0.25) is 5.91 Å². The van der Waals surface area contributed by atoms with Crippen molar-refractivity contribution in [1.82, 2.24) is 19.8 Å². The van der Waals surface area contributed by atoms with Crippen LogP contribution in [0.15, 0.2) is 48.5 Å². The molecule has 184 valence electrons. The van der Waals surface area contributed by atoms with Crippen LogP contribution in [0.3, 0.4) is 0 Å². The van der Waals surface area contributed by atoms with E-state index < -0.39 is 5.54 Å². The van der Waals surface area contributed by atoms with Gasteiger partial charge in [-0.15, -0.1) is 0 Å². The Hall–Kier alpha value is -3.35. The first-order chi connectivity index (χ1) is 16.8. The molecule has 0 unspecified atom stereocenters. The van der Waals surface area contributed by atoms with Crippen LogP contribution in [0, 0.1) is 11.8 Å².